The first-order chi connectivity index (χ1) is 13.3. The maximum absolute atomic E-state index is 12.8. The van der Waals surface area contributed by atoms with E-state index in [-0.39, 0.29) is 5.91 Å². The molecule has 4 nitrogen and oxygen atoms in total. The number of rotatable bonds is 8. The van der Waals surface area contributed by atoms with Crippen LogP contribution in [-0.2, 0) is 22.5 Å². The Morgan fingerprint density at radius 2 is 1.56 bits per heavy atom. The zero-order chi connectivity index (χ0) is 18.9. The van der Waals surface area contributed by atoms with E-state index in [1.54, 1.807) is 19.5 Å². The molecule has 0 atom stereocenters. The SMILES string of the molecule is COCCN(Cc1ccncc1)C(=O)Cc1ccc(-c2ccccc2)cc1. The molecule has 0 aliphatic heterocycles. The van der Waals surface area contributed by atoms with Crippen LogP contribution in [0.15, 0.2) is 79.1 Å². The van der Waals surface area contributed by atoms with Gasteiger partial charge in [-0.2, -0.15) is 0 Å². The Labute approximate surface area is 160 Å². The first-order valence-electron chi connectivity index (χ1n) is 9.06. The van der Waals surface area contributed by atoms with E-state index in [4.69, 9.17) is 4.74 Å². The van der Waals surface area contributed by atoms with Crippen molar-refractivity contribution in [2.45, 2.75) is 13.0 Å². The van der Waals surface area contributed by atoms with Crippen molar-refractivity contribution in [3.8, 4) is 11.1 Å². The highest BCUT2D eigenvalue weighted by molar-refractivity contribution is 5.79. The van der Waals surface area contributed by atoms with E-state index < -0.39 is 0 Å². The Bertz CT molecular complexity index is 833. The van der Waals surface area contributed by atoms with E-state index in [1.165, 1.54) is 5.56 Å². The molecule has 3 aromatic rings. The van der Waals surface area contributed by atoms with E-state index in [0.29, 0.717) is 26.1 Å². The number of hydrogen-bond acceptors (Lipinski definition) is 3. The average Bonchev–Trinajstić information content (AvgIpc) is 2.73. The molecule has 1 amide bonds. The van der Waals surface area contributed by atoms with Crippen LogP contribution in [0.1, 0.15) is 11.1 Å². The third kappa shape index (κ3) is 5.50. The molecule has 1 heterocycles. The topological polar surface area (TPSA) is 42.4 Å². The van der Waals surface area contributed by atoms with Gasteiger partial charge in [0.2, 0.25) is 5.91 Å². The van der Waals surface area contributed by atoms with Crippen molar-refractivity contribution in [3.63, 3.8) is 0 Å². The summed E-state index contributed by atoms with van der Waals surface area (Å²) < 4.78 is 5.17. The summed E-state index contributed by atoms with van der Waals surface area (Å²) in [6.45, 7) is 1.65. The molecule has 3 rings (SSSR count). The second-order valence-corrected chi connectivity index (χ2v) is 6.40. The van der Waals surface area contributed by atoms with Gasteiger partial charge in [0, 0.05) is 32.6 Å². The van der Waals surface area contributed by atoms with Gasteiger partial charge in [-0.15, -0.1) is 0 Å². The standard InChI is InChI=1S/C23H24N2O2/c1-27-16-15-25(18-20-11-13-24-14-12-20)23(26)17-19-7-9-22(10-8-19)21-5-3-2-4-6-21/h2-14H,15-18H2,1H3. The number of ether oxygens (including phenoxy) is 1. The minimum atomic E-state index is 0.0938. The van der Waals surface area contributed by atoms with Crippen LogP contribution in [0.25, 0.3) is 11.1 Å². The number of pyridine rings is 1. The lowest BCUT2D eigenvalue weighted by atomic mass is 10.0. The molecular weight excluding hydrogens is 336 g/mol. The smallest absolute Gasteiger partial charge is 0.227 e. The van der Waals surface area contributed by atoms with Crippen molar-refractivity contribution in [3.05, 3.63) is 90.3 Å². The molecule has 0 N–H and O–H groups in total. The van der Waals surface area contributed by atoms with Gasteiger partial charge in [0.15, 0.2) is 0 Å². The van der Waals surface area contributed by atoms with Crippen molar-refractivity contribution < 1.29 is 9.53 Å². The van der Waals surface area contributed by atoms with Gasteiger partial charge in [-0.25, -0.2) is 0 Å². The Hall–Kier alpha value is -2.98. The molecule has 0 fully saturated rings. The van der Waals surface area contributed by atoms with Crippen LogP contribution in [0.4, 0.5) is 0 Å². The van der Waals surface area contributed by atoms with Crippen LogP contribution in [0.3, 0.4) is 0 Å². The molecule has 1 aromatic heterocycles. The molecule has 2 aromatic carbocycles. The number of benzene rings is 2. The van der Waals surface area contributed by atoms with Crippen molar-refractivity contribution in [2.75, 3.05) is 20.3 Å². The fourth-order valence-corrected chi connectivity index (χ4v) is 2.93. The fourth-order valence-electron chi connectivity index (χ4n) is 2.93. The zero-order valence-electron chi connectivity index (χ0n) is 15.5. The zero-order valence-corrected chi connectivity index (χ0v) is 15.5. The Morgan fingerprint density at radius 1 is 0.889 bits per heavy atom. The molecule has 4 heteroatoms. The number of hydrogen-bond donors (Lipinski definition) is 0. The molecule has 138 valence electrons. The number of aromatic nitrogens is 1. The van der Waals surface area contributed by atoms with Crippen molar-refractivity contribution in [1.82, 2.24) is 9.88 Å². The van der Waals surface area contributed by atoms with Gasteiger partial charge in [-0.3, -0.25) is 9.78 Å². The van der Waals surface area contributed by atoms with Crippen LogP contribution >= 0.6 is 0 Å². The molecule has 0 unspecified atom stereocenters. The lowest BCUT2D eigenvalue weighted by Crippen LogP contribution is -2.34. The number of carbonyl (C=O) groups is 1. The third-order valence-electron chi connectivity index (χ3n) is 4.46. The normalized spacial score (nSPS) is 10.6. The van der Waals surface area contributed by atoms with Crippen LogP contribution in [0, 0.1) is 0 Å². The largest absolute Gasteiger partial charge is 0.383 e. The molecule has 0 bridgehead atoms. The molecule has 0 saturated heterocycles. The van der Waals surface area contributed by atoms with Gasteiger partial charge in [0.1, 0.15) is 0 Å². The van der Waals surface area contributed by atoms with Crippen LogP contribution in [0.2, 0.25) is 0 Å². The second-order valence-electron chi connectivity index (χ2n) is 6.40. The highest BCUT2D eigenvalue weighted by atomic mass is 16.5. The summed E-state index contributed by atoms with van der Waals surface area (Å²) in [6.07, 6.45) is 3.87. The van der Waals surface area contributed by atoms with Crippen molar-refractivity contribution in [2.24, 2.45) is 0 Å². The fraction of sp³-hybridized carbons (Fsp3) is 0.217. The van der Waals surface area contributed by atoms with Gasteiger partial charge >= 0.3 is 0 Å². The van der Waals surface area contributed by atoms with Crippen molar-refractivity contribution in [1.29, 1.82) is 0 Å². The van der Waals surface area contributed by atoms with Gasteiger partial charge in [-0.1, -0.05) is 54.6 Å². The summed E-state index contributed by atoms with van der Waals surface area (Å²) in [4.78, 5) is 18.7. The van der Waals surface area contributed by atoms with Gasteiger partial charge in [0.05, 0.1) is 13.0 Å². The Balaban J connectivity index is 1.67. The average molecular weight is 360 g/mol. The summed E-state index contributed by atoms with van der Waals surface area (Å²) >= 11 is 0. The van der Waals surface area contributed by atoms with E-state index in [1.807, 2.05) is 47.4 Å². The molecule has 0 radical (unpaired) electrons. The predicted octanol–water partition coefficient (Wildman–Crippen LogP) is 3.97. The maximum atomic E-state index is 12.8. The first kappa shape index (κ1) is 18.8. The molecule has 27 heavy (non-hydrogen) atoms. The van der Waals surface area contributed by atoms with Crippen molar-refractivity contribution >= 4 is 5.91 Å². The monoisotopic (exact) mass is 360 g/mol. The lowest BCUT2D eigenvalue weighted by Gasteiger charge is -2.22. The highest BCUT2D eigenvalue weighted by Gasteiger charge is 2.14. The number of carbonyl (C=O) groups excluding carboxylic acids is 1. The van der Waals surface area contributed by atoms with Crippen LogP contribution in [0.5, 0.6) is 0 Å². The summed E-state index contributed by atoms with van der Waals surface area (Å²) in [5.74, 6) is 0.0938. The minimum Gasteiger partial charge on any atom is -0.383 e. The van der Waals surface area contributed by atoms with E-state index in [2.05, 4.69) is 29.2 Å². The Kier molecular flexibility index (Phi) is 6.72. The number of nitrogens with zero attached hydrogens (tertiary/aromatic N) is 2. The summed E-state index contributed by atoms with van der Waals surface area (Å²) in [5.41, 5.74) is 4.40. The van der Waals surface area contributed by atoms with E-state index in [0.717, 1.165) is 16.7 Å². The quantitative estimate of drug-likeness (QED) is 0.610. The van der Waals surface area contributed by atoms with Gasteiger partial charge in [-0.05, 0) is 34.4 Å². The second kappa shape index (κ2) is 9.64. The minimum absolute atomic E-state index is 0.0938. The number of amides is 1. The van der Waals surface area contributed by atoms with Crippen LogP contribution < -0.4 is 0 Å². The maximum Gasteiger partial charge on any atom is 0.227 e. The van der Waals surface area contributed by atoms with Gasteiger partial charge < -0.3 is 9.64 Å². The summed E-state index contributed by atoms with van der Waals surface area (Å²) in [7, 11) is 1.65. The highest BCUT2D eigenvalue weighted by Crippen LogP contribution is 2.19. The third-order valence-corrected chi connectivity index (χ3v) is 4.46. The predicted molar refractivity (Wildman–Crippen MR) is 107 cm³/mol. The van der Waals surface area contributed by atoms with E-state index in [9.17, 15) is 4.79 Å². The molecule has 0 aliphatic carbocycles. The summed E-state index contributed by atoms with van der Waals surface area (Å²) in [5, 5.41) is 0. The molecule has 0 aliphatic rings. The molecular formula is C23H24N2O2. The molecule has 0 spiro atoms. The lowest BCUT2D eigenvalue weighted by molar-refractivity contribution is -0.131. The van der Waals surface area contributed by atoms with Crippen LogP contribution in [-0.4, -0.2) is 36.1 Å². The first-order valence-corrected chi connectivity index (χ1v) is 9.06. The van der Waals surface area contributed by atoms with E-state index >= 15 is 0 Å². The number of methoxy groups -OCH3 is 1. The molecule has 0 saturated carbocycles. The van der Waals surface area contributed by atoms with Gasteiger partial charge in [0.25, 0.3) is 0 Å². The summed E-state index contributed by atoms with van der Waals surface area (Å²) in [6, 6.07) is 22.3. The Morgan fingerprint density at radius 3 is 2.22 bits per heavy atom.